The summed E-state index contributed by atoms with van der Waals surface area (Å²) in [4.78, 5) is 5.11. The molecule has 0 spiro atoms. The standard InChI is InChI=1S/C26H52N2/c1-4-7-9-10-11-12-13-14-15-16-17-18-19-20-21-22-26-27(6-3)24-25-28(26)23-8-5-2/h24-26H,4-23H2,1-3H3. The van der Waals surface area contributed by atoms with Crippen molar-refractivity contribution >= 4 is 0 Å². The summed E-state index contributed by atoms with van der Waals surface area (Å²) in [5, 5.41) is 0. The molecule has 1 aliphatic heterocycles. The van der Waals surface area contributed by atoms with Crippen molar-refractivity contribution in [1.29, 1.82) is 0 Å². The van der Waals surface area contributed by atoms with Gasteiger partial charge in [-0.1, -0.05) is 110 Å². The highest BCUT2D eigenvalue weighted by Gasteiger charge is 2.23. The van der Waals surface area contributed by atoms with Gasteiger partial charge in [-0.25, -0.2) is 0 Å². The zero-order chi connectivity index (χ0) is 20.3. The molecule has 0 N–H and O–H groups in total. The Labute approximate surface area is 178 Å². The number of rotatable bonds is 20. The number of hydrogen-bond donors (Lipinski definition) is 0. The Morgan fingerprint density at radius 2 is 0.929 bits per heavy atom. The molecule has 2 nitrogen and oxygen atoms in total. The lowest BCUT2D eigenvalue weighted by Gasteiger charge is -2.32. The number of unbranched alkanes of at least 4 members (excludes halogenated alkanes) is 15. The minimum absolute atomic E-state index is 0.638. The Hall–Kier alpha value is -0.660. The lowest BCUT2D eigenvalue weighted by atomic mass is 10.0. The number of nitrogens with zero attached hydrogens (tertiary/aromatic N) is 2. The maximum absolute atomic E-state index is 2.58. The van der Waals surface area contributed by atoms with Gasteiger partial charge in [-0.3, -0.25) is 0 Å². The maximum Gasteiger partial charge on any atom is 0.101 e. The van der Waals surface area contributed by atoms with Gasteiger partial charge in [0.15, 0.2) is 0 Å². The molecule has 0 saturated carbocycles. The molecule has 0 aromatic carbocycles. The monoisotopic (exact) mass is 392 g/mol. The van der Waals surface area contributed by atoms with Gasteiger partial charge in [-0.05, 0) is 26.2 Å². The minimum Gasteiger partial charge on any atom is -0.356 e. The summed E-state index contributed by atoms with van der Waals surface area (Å²) in [7, 11) is 0. The quantitative estimate of drug-likeness (QED) is 0.192. The van der Waals surface area contributed by atoms with Gasteiger partial charge >= 0.3 is 0 Å². The van der Waals surface area contributed by atoms with Crippen LogP contribution < -0.4 is 0 Å². The summed E-state index contributed by atoms with van der Waals surface area (Å²) in [5.41, 5.74) is 0. The van der Waals surface area contributed by atoms with Gasteiger partial charge in [0, 0.05) is 25.5 Å². The summed E-state index contributed by atoms with van der Waals surface area (Å²) in [6.45, 7) is 9.25. The average molecular weight is 393 g/mol. The van der Waals surface area contributed by atoms with Crippen LogP contribution in [0.3, 0.4) is 0 Å². The van der Waals surface area contributed by atoms with Crippen LogP contribution >= 0.6 is 0 Å². The van der Waals surface area contributed by atoms with Gasteiger partial charge in [0.1, 0.15) is 6.17 Å². The Bertz CT molecular complexity index is 352. The molecule has 0 aromatic heterocycles. The van der Waals surface area contributed by atoms with E-state index in [1.54, 1.807) is 0 Å². The van der Waals surface area contributed by atoms with Crippen molar-refractivity contribution in [3.05, 3.63) is 12.4 Å². The predicted octanol–water partition coefficient (Wildman–Crippen LogP) is 8.48. The fourth-order valence-electron chi connectivity index (χ4n) is 4.47. The second-order valence-corrected chi connectivity index (χ2v) is 8.94. The molecule has 166 valence electrons. The SMILES string of the molecule is CCCCCCCCCCCCCCCCCC1N(CC)C=CN1CCCC. The van der Waals surface area contributed by atoms with Crippen LogP contribution in [0.4, 0.5) is 0 Å². The molecular weight excluding hydrogens is 340 g/mol. The molecule has 0 aromatic rings. The highest BCUT2D eigenvalue weighted by molar-refractivity contribution is 4.96. The molecule has 0 amide bonds. The van der Waals surface area contributed by atoms with E-state index in [-0.39, 0.29) is 0 Å². The zero-order valence-corrected chi connectivity index (χ0v) is 19.8. The van der Waals surface area contributed by atoms with Crippen LogP contribution in [-0.4, -0.2) is 29.1 Å². The van der Waals surface area contributed by atoms with Crippen LogP contribution in [0.5, 0.6) is 0 Å². The van der Waals surface area contributed by atoms with Crippen molar-refractivity contribution in [2.24, 2.45) is 0 Å². The van der Waals surface area contributed by atoms with Crippen molar-refractivity contribution in [3.8, 4) is 0 Å². The van der Waals surface area contributed by atoms with E-state index < -0.39 is 0 Å². The summed E-state index contributed by atoms with van der Waals surface area (Å²) in [6, 6.07) is 0. The highest BCUT2D eigenvalue weighted by atomic mass is 15.4. The molecule has 1 atom stereocenters. The molecule has 0 fully saturated rings. The molecule has 0 radical (unpaired) electrons. The largest absolute Gasteiger partial charge is 0.356 e. The molecule has 1 unspecified atom stereocenters. The fourth-order valence-corrected chi connectivity index (χ4v) is 4.47. The molecule has 1 heterocycles. The Kier molecular flexibility index (Phi) is 16.7. The van der Waals surface area contributed by atoms with Crippen LogP contribution in [0.25, 0.3) is 0 Å². The van der Waals surface area contributed by atoms with Crippen molar-refractivity contribution < 1.29 is 0 Å². The van der Waals surface area contributed by atoms with Crippen LogP contribution in [0, 0.1) is 0 Å². The second kappa shape index (κ2) is 18.4. The number of hydrogen-bond acceptors (Lipinski definition) is 2. The van der Waals surface area contributed by atoms with Gasteiger partial charge in [0.2, 0.25) is 0 Å². The summed E-state index contributed by atoms with van der Waals surface area (Å²) >= 11 is 0. The third-order valence-corrected chi connectivity index (χ3v) is 6.42. The summed E-state index contributed by atoms with van der Waals surface area (Å²) < 4.78 is 0. The van der Waals surface area contributed by atoms with E-state index in [1.807, 2.05) is 0 Å². The third kappa shape index (κ3) is 12.0. The first kappa shape index (κ1) is 25.4. The van der Waals surface area contributed by atoms with E-state index in [1.165, 1.54) is 122 Å². The van der Waals surface area contributed by atoms with Gasteiger partial charge in [0.25, 0.3) is 0 Å². The molecule has 0 bridgehead atoms. The first-order valence-electron chi connectivity index (χ1n) is 13.0. The van der Waals surface area contributed by atoms with Crippen LogP contribution in [0.15, 0.2) is 12.4 Å². The molecule has 1 aliphatic rings. The molecule has 0 aliphatic carbocycles. The van der Waals surface area contributed by atoms with E-state index in [0.29, 0.717) is 6.17 Å². The summed E-state index contributed by atoms with van der Waals surface area (Å²) in [6.07, 6.45) is 31.0. The smallest absolute Gasteiger partial charge is 0.101 e. The Balaban J connectivity index is 1.89. The van der Waals surface area contributed by atoms with E-state index in [9.17, 15) is 0 Å². The highest BCUT2D eigenvalue weighted by Crippen LogP contribution is 2.22. The van der Waals surface area contributed by atoms with Crippen LogP contribution in [-0.2, 0) is 0 Å². The third-order valence-electron chi connectivity index (χ3n) is 6.42. The van der Waals surface area contributed by atoms with E-state index in [4.69, 9.17) is 0 Å². The minimum atomic E-state index is 0.638. The summed E-state index contributed by atoms with van der Waals surface area (Å²) in [5.74, 6) is 0. The van der Waals surface area contributed by atoms with Gasteiger partial charge in [-0.2, -0.15) is 0 Å². The van der Waals surface area contributed by atoms with Crippen LogP contribution in [0.2, 0.25) is 0 Å². The van der Waals surface area contributed by atoms with Crippen molar-refractivity contribution in [3.63, 3.8) is 0 Å². The molecule has 0 saturated heterocycles. The predicted molar refractivity (Wildman–Crippen MR) is 126 cm³/mol. The van der Waals surface area contributed by atoms with E-state index >= 15 is 0 Å². The van der Waals surface area contributed by atoms with E-state index in [0.717, 1.165) is 6.54 Å². The molecule has 2 heteroatoms. The zero-order valence-electron chi connectivity index (χ0n) is 19.8. The first-order chi connectivity index (χ1) is 13.8. The average Bonchev–Trinajstić information content (AvgIpc) is 3.11. The second-order valence-electron chi connectivity index (χ2n) is 8.94. The van der Waals surface area contributed by atoms with Gasteiger partial charge in [0.05, 0.1) is 0 Å². The molecular formula is C26H52N2. The van der Waals surface area contributed by atoms with Gasteiger partial charge < -0.3 is 9.80 Å². The lowest BCUT2D eigenvalue weighted by molar-refractivity contribution is 0.143. The Morgan fingerprint density at radius 3 is 1.39 bits per heavy atom. The van der Waals surface area contributed by atoms with Crippen molar-refractivity contribution in [2.75, 3.05) is 13.1 Å². The van der Waals surface area contributed by atoms with Crippen LogP contribution in [0.1, 0.15) is 136 Å². The lowest BCUT2D eigenvalue weighted by Crippen LogP contribution is -2.38. The first-order valence-corrected chi connectivity index (χ1v) is 13.0. The van der Waals surface area contributed by atoms with Crippen molar-refractivity contribution in [1.82, 2.24) is 9.80 Å². The van der Waals surface area contributed by atoms with Gasteiger partial charge in [-0.15, -0.1) is 0 Å². The fraction of sp³-hybridized carbons (Fsp3) is 0.923. The Morgan fingerprint density at radius 1 is 0.500 bits per heavy atom. The molecule has 1 rings (SSSR count). The molecule has 28 heavy (non-hydrogen) atoms. The van der Waals surface area contributed by atoms with Crippen molar-refractivity contribution in [2.45, 2.75) is 143 Å². The normalized spacial score (nSPS) is 16.5. The maximum atomic E-state index is 2.58. The topological polar surface area (TPSA) is 6.48 Å². The van der Waals surface area contributed by atoms with E-state index in [2.05, 4.69) is 43.0 Å².